The molecule has 1 aliphatic rings. The second-order valence-corrected chi connectivity index (χ2v) is 7.30. The largest absolute Gasteiger partial charge is 0.495 e. The van der Waals surface area contributed by atoms with Crippen molar-refractivity contribution in [2.24, 2.45) is 4.99 Å². The van der Waals surface area contributed by atoms with E-state index in [0.717, 1.165) is 22.0 Å². The smallest absolute Gasteiger partial charge is 0.257 e. The Morgan fingerprint density at radius 3 is 2.68 bits per heavy atom. The Balaban J connectivity index is 1.68. The van der Waals surface area contributed by atoms with E-state index in [1.807, 2.05) is 54.6 Å². The molecule has 4 aromatic rings. The SMILES string of the molecule is COc1ccccc1NC1=N[C@H](c2cccc3ccccc23)n2c(nc(C)cc2=O)N1. The number of fused-ring (bicyclic) bond motifs is 2. The van der Waals surface area contributed by atoms with Gasteiger partial charge in [0.1, 0.15) is 5.75 Å². The topological polar surface area (TPSA) is 80.5 Å². The quantitative estimate of drug-likeness (QED) is 0.529. The average molecular weight is 411 g/mol. The fraction of sp³-hybridized carbons (Fsp3) is 0.125. The molecule has 7 heteroatoms. The number of ether oxygens (including phenoxy) is 1. The summed E-state index contributed by atoms with van der Waals surface area (Å²) in [6.45, 7) is 1.80. The van der Waals surface area contributed by atoms with E-state index in [9.17, 15) is 4.79 Å². The second kappa shape index (κ2) is 7.60. The summed E-state index contributed by atoms with van der Waals surface area (Å²) in [5, 5.41) is 8.57. The molecule has 0 bridgehead atoms. The number of para-hydroxylation sites is 2. The lowest BCUT2D eigenvalue weighted by Crippen LogP contribution is -2.37. The molecule has 0 amide bonds. The van der Waals surface area contributed by atoms with Crippen molar-refractivity contribution in [3.05, 3.63) is 94.4 Å². The molecule has 1 atom stereocenters. The molecule has 2 N–H and O–H groups in total. The molecule has 7 nitrogen and oxygen atoms in total. The predicted octanol–water partition coefficient (Wildman–Crippen LogP) is 4.15. The lowest BCUT2D eigenvalue weighted by atomic mass is 10.0. The van der Waals surface area contributed by atoms with Crippen LogP contribution in [0.25, 0.3) is 10.8 Å². The first-order valence-corrected chi connectivity index (χ1v) is 9.97. The minimum Gasteiger partial charge on any atom is -0.495 e. The molecular formula is C24H21N5O2. The van der Waals surface area contributed by atoms with Crippen molar-refractivity contribution in [2.45, 2.75) is 13.1 Å². The number of aryl methyl sites for hydroxylation is 1. The Kier molecular flexibility index (Phi) is 4.63. The first-order valence-electron chi connectivity index (χ1n) is 9.97. The molecule has 0 fully saturated rings. The van der Waals surface area contributed by atoms with E-state index < -0.39 is 6.17 Å². The fourth-order valence-electron chi connectivity index (χ4n) is 3.87. The number of nitrogens with one attached hydrogen (secondary N) is 2. The van der Waals surface area contributed by atoms with Crippen LogP contribution in [-0.2, 0) is 0 Å². The van der Waals surface area contributed by atoms with Gasteiger partial charge in [0.25, 0.3) is 5.56 Å². The Morgan fingerprint density at radius 1 is 1.03 bits per heavy atom. The number of rotatable bonds is 3. The molecule has 1 aliphatic heterocycles. The summed E-state index contributed by atoms with van der Waals surface area (Å²) in [6.07, 6.45) is -0.569. The third-order valence-electron chi connectivity index (χ3n) is 5.27. The molecule has 1 aromatic heterocycles. The van der Waals surface area contributed by atoms with Crippen LogP contribution in [0.15, 0.2) is 82.6 Å². The van der Waals surface area contributed by atoms with Gasteiger partial charge in [-0.25, -0.2) is 9.98 Å². The molecule has 0 aliphatic carbocycles. The first-order chi connectivity index (χ1) is 15.1. The van der Waals surface area contributed by atoms with E-state index in [2.05, 4.69) is 27.8 Å². The van der Waals surface area contributed by atoms with Gasteiger partial charge >= 0.3 is 0 Å². The molecule has 154 valence electrons. The molecule has 0 saturated heterocycles. The Labute approximate surface area is 179 Å². The van der Waals surface area contributed by atoms with Crippen LogP contribution in [0.4, 0.5) is 11.6 Å². The number of hydrogen-bond donors (Lipinski definition) is 2. The molecule has 0 unspecified atom stereocenters. The average Bonchev–Trinajstić information content (AvgIpc) is 2.78. The normalized spacial score (nSPS) is 15.0. The fourth-order valence-corrected chi connectivity index (χ4v) is 3.87. The van der Waals surface area contributed by atoms with Crippen molar-refractivity contribution in [3.8, 4) is 5.75 Å². The summed E-state index contributed by atoms with van der Waals surface area (Å²) in [5.74, 6) is 1.61. The van der Waals surface area contributed by atoms with Gasteiger partial charge in [0, 0.05) is 17.3 Å². The molecule has 3 aromatic carbocycles. The van der Waals surface area contributed by atoms with Gasteiger partial charge in [0.05, 0.1) is 12.8 Å². The van der Waals surface area contributed by atoms with Gasteiger partial charge in [-0.1, -0.05) is 54.6 Å². The zero-order chi connectivity index (χ0) is 21.4. The lowest BCUT2D eigenvalue weighted by molar-refractivity contribution is 0.417. The number of anilines is 2. The van der Waals surface area contributed by atoms with E-state index in [-0.39, 0.29) is 5.56 Å². The van der Waals surface area contributed by atoms with Gasteiger partial charge in [-0.15, -0.1) is 0 Å². The van der Waals surface area contributed by atoms with Crippen LogP contribution < -0.4 is 20.9 Å². The number of aromatic nitrogens is 2. The predicted molar refractivity (Wildman–Crippen MR) is 123 cm³/mol. The summed E-state index contributed by atoms with van der Waals surface area (Å²) < 4.78 is 7.03. The minimum absolute atomic E-state index is 0.159. The van der Waals surface area contributed by atoms with E-state index >= 15 is 0 Å². The highest BCUT2D eigenvalue weighted by Gasteiger charge is 2.26. The van der Waals surface area contributed by atoms with Crippen LogP contribution in [0.3, 0.4) is 0 Å². The summed E-state index contributed by atoms with van der Waals surface area (Å²) >= 11 is 0. The van der Waals surface area contributed by atoms with Gasteiger partial charge in [0.2, 0.25) is 11.9 Å². The van der Waals surface area contributed by atoms with E-state index in [1.54, 1.807) is 18.6 Å². The zero-order valence-electron chi connectivity index (χ0n) is 17.2. The van der Waals surface area contributed by atoms with E-state index in [1.165, 1.54) is 6.07 Å². The summed E-state index contributed by atoms with van der Waals surface area (Å²) in [7, 11) is 1.62. The van der Waals surface area contributed by atoms with Gasteiger partial charge in [-0.2, -0.15) is 0 Å². The standard InChI is InChI=1S/C24H21N5O2/c1-15-14-21(30)29-22(18-11-7-9-16-8-3-4-10-17(16)18)27-23(28-24(29)25-15)26-19-12-5-6-13-20(19)31-2/h3-14,22H,1-2H3,(H2,25,26,27,28)/t22-/m0/s1. The number of aliphatic imine (C=N–C) groups is 1. The van der Waals surface area contributed by atoms with Crippen LogP contribution >= 0.6 is 0 Å². The maximum atomic E-state index is 12.9. The first kappa shape index (κ1) is 18.9. The van der Waals surface area contributed by atoms with Crippen LogP contribution in [0.1, 0.15) is 17.4 Å². The van der Waals surface area contributed by atoms with Crippen molar-refractivity contribution in [2.75, 3.05) is 17.7 Å². The van der Waals surface area contributed by atoms with Crippen LogP contribution in [0, 0.1) is 6.92 Å². The number of nitrogens with zero attached hydrogens (tertiary/aromatic N) is 3. The zero-order valence-corrected chi connectivity index (χ0v) is 17.2. The summed E-state index contributed by atoms with van der Waals surface area (Å²) in [6, 6.07) is 23.2. The molecule has 2 heterocycles. The number of guanidine groups is 1. The van der Waals surface area contributed by atoms with Crippen molar-refractivity contribution in [1.29, 1.82) is 0 Å². The Hall–Kier alpha value is -4.13. The number of hydrogen-bond acceptors (Lipinski definition) is 6. The third kappa shape index (κ3) is 3.40. The van der Waals surface area contributed by atoms with Crippen LogP contribution in [0.2, 0.25) is 0 Å². The summed E-state index contributed by atoms with van der Waals surface area (Å²) in [4.78, 5) is 22.4. The monoisotopic (exact) mass is 411 g/mol. The Morgan fingerprint density at radius 2 is 1.81 bits per heavy atom. The van der Waals surface area contributed by atoms with Crippen LogP contribution in [-0.4, -0.2) is 22.6 Å². The molecule has 0 radical (unpaired) electrons. The molecule has 0 spiro atoms. The third-order valence-corrected chi connectivity index (χ3v) is 5.27. The maximum absolute atomic E-state index is 12.9. The van der Waals surface area contributed by atoms with Crippen molar-refractivity contribution in [1.82, 2.24) is 9.55 Å². The molecular weight excluding hydrogens is 390 g/mol. The molecule has 31 heavy (non-hydrogen) atoms. The molecule has 5 rings (SSSR count). The van der Waals surface area contributed by atoms with Crippen molar-refractivity contribution in [3.63, 3.8) is 0 Å². The van der Waals surface area contributed by atoms with E-state index in [0.29, 0.717) is 23.4 Å². The van der Waals surface area contributed by atoms with Crippen molar-refractivity contribution >= 4 is 28.4 Å². The Bertz CT molecular complexity index is 1370. The highest BCUT2D eigenvalue weighted by Crippen LogP contribution is 2.32. The van der Waals surface area contributed by atoms with Gasteiger partial charge in [-0.3, -0.25) is 14.7 Å². The van der Waals surface area contributed by atoms with Gasteiger partial charge < -0.3 is 10.1 Å². The van der Waals surface area contributed by atoms with E-state index in [4.69, 9.17) is 9.73 Å². The van der Waals surface area contributed by atoms with Gasteiger partial charge in [-0.05, 0) is 29.8 Å². The highest BCUT2D eigenvalue weighted by molar-refractivity contribution is 6.04. The number of benzene rings is 3. The maximum Gasteiger partial charge on any atom is 0.257 e. The molecule has 0 saturated carbocycles. The lowest BCUT2D eigenvalue weighted by Gasteiger charge is -2.28. The second-order valence-electron chi connectivity index (χ2n) is 7.30. The van der Waals surface area contributed by atoms with Crippen LogP contribution in [0.5, 0.6) is 5.75 Å². The number of methoxy groups -OCH3 is 1. The van der Waals surface area contributed by atoms with Crippen molar-refractivity contribution < 1.29 is 4.74 Å². The summed E-state index contributed by atoms with van der Waals surface area (Å²) in [5.41, 5.74) is 2.16. The van der Waals surface area contributed by atoms with Gasteiger partial charge in [0.15, 0.2) is 6.17 Å². The minimum atomic E-state index is -0.569. The highest BCUT2D eigenvalue weighted by atomic mass is 16.5.